The predicted molar refractivity (Wildman–Crippen MR) is 64.8 cm³/mol. The minimum Gasteiger partial charge on any atom is -0.347 e. The molecule has 1 saturated heterocycles. The first-order valence-electron chi connectivity index (χ1n) is 5.91. The van der Waals surface area contributed by atoms with Gasteiger partial charge in [0.25, 0.3) is 5.91 Å². The van der Waals surface area contributed by atoms with E-state index in [1.165, 1.54) is 24.2 Å². The molecule has 1 N–H and O–H groups in total. The second kappa shape index (κ2) is 4.18. The Morgan fingerprint density at radius 1 is 1.44 bits per heavy atom. The van der Waals surface area contributed by atoms with Crippen LogP contribution in [-0.2, 0) is 0 Å². The van der Waals surface area contributed by atoms with Crippen LogP contribution in [0.15, 0.2) is 17.5 Å². The van der Waals surface area contributed by atoms with Crippen LogP contribution in [0.3, 0.4) is 0 Å². The Balaban J connectivity index is 1.53. The fraction of sp³-hybridized carbons (Fsp3) is 0.583. The zero-order valence-electron chi connectivity index (χ0n) is 9.19. The van der Waals surface area contributed by atoms with Gasteiger partial charge >= 0.3 is 0 Å². The molecule has 1 aliphatic carbocycles. The normalized spacial score (nSPS) is 25.9. The molecule has 1 amide bonds. The van der Waals surface area contributed by atoms with Crippen molar-refractivity contribution in [3.63, 3.8) is 0 Å². The smallest absolute Gasteiger partial charge is 0.261 e. The number of nitrogens with zero attached hydrogens (tertiary/aromatic N) is 1. The third kappa shape index (κ3) is 2.13. The lowest BCUT2D eigenvalue weighted by Gasteiger charge is -2.15. The van der Waals surface area contributed by atoms with Crippen molar-refractivity contribution in [3.8, 4) is 0 Å². The molecule has 0 spiro atoms. The van der Waals surface area contributed by atoms with Crippen LogP contribution in [0.5, 0.6) is 0 Å². The van der Waals surface area contributed by atoms with E-state index in [9.17, 15) is 4.79 Å². The zero-order chi connectivity index (χ0) is 11.0. The van der Waals surface area contributed by atoms with Crippen LogP contribution >= 0.6 is 11.3 Å². The fourth-order valence-electron chi connectivity index (χ4n) is 2.34. The van der Waals surface area contributed by atoms with Gasteiger partial charge in [0.1, 0.15) is 0 Å². The Hall–Kier alpha value is -0.870. The molecule has 4 heteroatoms. The Kier molecular flexibility index (Phi) is 2.69. The van der Waals surface area contributed by atoms with E-state index < -0.39 is 0 Å². The van der Waals surface area contributed by atoms with Crippen LogP contribution in [0.25, 0.3) is 0 Å². The minimum atomic E-state index is 0.0950. The van der Waals surface area contributed by atoms with E-state index >= 15 is 0 Å². The van der Waals surface area contributed by atoms with Crippen LogP contribution in [0, 0.1) is 0 Å². The van der Waals surface area contributed by atoms with Gasteiger partial charge in [0.05, 0.1) is 4.88 Å². The average molecular weight is 236 g/mol. The number of rotatable bonds is 3. The van der Waals surface area contributed by atoms with Crippen LogP contribution in [0.4, 0.5) is 0 Å². The standard InChI is InChI=1S/C12H16N2OS/c15-12(11-2-1-7-16-11)13-9-5-6-14(8-9)10-3-4-10/h1-2,7,9-10H,3-6,8H2,(H,13,15). The Morgan fingerprint density at radius 2 is 2.31 bits per heavy atom. The number of carbonyl (C=O) groups excluding carboxylic acids is 1. The molecule has 0 bridgehead atoms. The fourth-order valence-corrected chi connectivity index (χ4v) is 2.97. The summed E-state index contributed by atoms with van der Waals surface area (Å²) >= 11 is 1.51. The lowest BCUT2D eigenvalue weighted by molar-refractivity contribution is 0.0941. The van der Waals surface area contributed by atoms with Crippen LogP contribution in [0.1, 0.15) is 28.9 Å². The topological polar surface area (TPSA) is 32.3 Å². The Bertz CT molecular complexity index is 372. The molecule has 0 aromatic carbocycles. The van der Waals surface area contributed by atoms with E-state index in [1.807, 2.05) is 17.5 Å². The average Bonchev–Trinajstić information content (AvgIpc) is 2.82. The summed E-state index contributed by atoms with van der Waals surface area (Å²) in [6, 6.07) is 4.98. The van der Waals surface area contributed by atoms with Crippen molar-refractivity contribution < 1.29 is 4.79 Å². The number of hydrogen-bond acceptors (Lipinski definition) is 3. The molecule has 2 heterocycles. The van der Waals surface area contributed by atoms with Gasteiger partial charge < -0.3 is 5.32 Å². The number of amides is 1. The van der Waals surface area contributed by atoms with Crippen LogP contribution in [-0.4, -0.2) is 36.0 Å². The van der Waals surface area contributed by atoms with Crippen molar-refractivity contribution in [1.82, 2.24) is 10.2 Å². The van der Waals surface area contributed by atoms with E-state index in [2.05, 4.69) is 10.2 Å². The van der Waals surface area contributed by atoms with Gasteiger partial charge in [0, 0.05) is 25.2 Å². The monoisotopic (exact) mass is 236 g/mol. The molecule has 3 rings (SSSR count). The lowest BCUT2D eigenvalue weighted by atomic mass is 10.2. The largest absolute Gasteiger partial charge is 0.347 e. The lowest BCUT2D eigenvalue weighted by Crippen LogP contribution is -2.37. The first-order chi connectivity index (χ1) is 7.83. The third-order valence-electron chi connectivity index (χ3n) is 3.36. The molecule has 1 unspecified atom stereocenters. The van der Waals surface area contributed by atoms with Gasteiger partial charge in [0.2, 0.25) is 0 Å². The maximum atomic E-state index is 11.8. The molecule has 2 fully saturated rings. The second-order valence-electron chi connectivity index (χ2n) is 4.66. The Morgan fingerprint density at radius 3 is 3.00 bits per heavy atom. The molecule has 1 saturated carbocycles. The van der Waals surface area contributed by atoms with Crippen LogP contribution < -0.4 is 5.32 Å². The molecule has 1 atom stereocenters. The predicted octanol–water partition coefficient (Wildman–Crippen LogP) is 1.71. The van der Waals surface area contributed by atoms with E-state index in [1.54, 1.807) is 0 Å². The van der Waals surface area contributed by atoms with Gasteiger partial charge in [0.15, 0.2) is 0 Å². The van der Waals surface area contributed by atoms with Gasteiger partial charge in [-0.1, -0.05) is 6.07 Å². The summed E-state index contributed by atoms with van der Waals surface area (Å²) in [6.07, 6.45) is 3.81. The SMILES string of the molecule is O=C(NC1CCN(C2CC2)C1)c1cccs1. The summed E-state index contributed by atoms with van der Waals surface area (Å²) in [5, 5.41) is 5.07. The van der Waals surface area contributed by atoms with E-state index in [0.717, 1.165) is 30.4 Å². The summed E-state index contributed by atoms with van der Waals surface area (Å²) < 4.78 is 0. The molecule has 0 radical (unpaired) electrons. The molecule has 1 aromatic heterocycles. The number of nitrogens with one attached hydrogen (secondary N) is 1. The zero-order valence-corrected chi connectivity index (χ0v) is 10.0. The highest BCUT2D eigenvalue weighted by Gasteiger charge is 2.34. The Labute approximate surface area is 99.5 Å². The molecule has 86 valence electrons. The van der Waals surface area contributed by atoms with Gasteiger partial charge in [-0.2, -0.15) is 0 Å². The quantitative estimate of drug-likeness (QED) is 0.866. The minimum absolute atomic E-state index is 0.0950. The number of hydrogen-bond donors (Lipinski definition) is 1. The van der Waals surface area contributed by atoms with Crippen molar-refractivity contribution >= 4 is 17.2 Å². The van der Waals surface area contributed by atoms with Crippen molar-refractivity contribution in [2.45, 2.75) is 31.3 Å². The molecule has 1 aromatic rings. The summed E-state index contributed by atoms with van der Waals surface area (Å²) in [7, 11) is 0. The first-order valence-corrected chi connectivity index (χ1v) is 6.79. The first kappa shape index (κ1) is 10.3. The van der Waals surface area contributed by atoms with Crippen molar-refractivity contribution in [1.29, 1.82) is 0 Å². The van der Waals surface area contributed by atoms with Crippen molar-refractivity contribution in [3.05, 3.63) is 22.4 Å². The number of likely N-dealkylation sites (tertiary alicyclic amines) is 1. The third-order valence-corrected chi connectivity index (χ3v) is 4.23. The van der Waals surface area contributed by atoms with E-state index in [-0.39, 0.29) is 5.91 Å². The summed E-state index contributed by atoms with van der Waals surface area (Å²) in [6.45, 7) is 2.20. The maximum Gasteiger partial charge on any atom is 0.261 e. The highest BCUT2D eigenvalue weighted by molar-refractivity contribution is 7.12. The maximum absolute atomic E-state index is 11.8. The van der Waals surface area contributed by atoms with Gasteiger partial charge in [-0.05, 0) is 30.7 Å². The molecular formula is C12H16N2OS. The molecule has 3 nitrogen and oxygen atoms in total. The molecular weight excluding hydrogens is 220 g/mol. The van der Waals surface area contributed by atoms with Crippen molar-refractivity contribution in [2.24, 2.45) is 0 Å². The number of thiophene rings is 1. The van der Waals surface area contributed by atoms with Crippen LogP contribution in [0.2, 0.25) is 0 Å². The summed E-state index contributed by atoms with van der Waals surface area (Å²) in [4.78, 5) is 15.2. The second-order valence-corrected chi connectivity index (χ2v) is 5.61. The summed E-state index contributed by atoms with van der Waals surface area (Å²) in [5.74, 6) is 0.0950. The van der Waals surface area contributed by atoms with Crippen molar-refractivity contribution in [2.75, 3.05) is 13.1 Å². The highest BCUT2D eigenvalue weighted by Crippen LogP contribution is 2.29. The highest BCUT2D eigenvalue weighted by atomic mass is 32.1. The molecule has 2 aliphatic rings. The van der Waals surface area contributed by atoms with Gasteiger partial charge in [-0.15, -0.1) is 11.3 Å². The van der Waals surface area contributed by atoms with Gasteiger partial charge in [-0.3, -0.25) is 9.69 Å². The molecule has 1 aliphatic heterocycles. The number of carbonyl (C=O) groups is 1. The molecule has 16 heavy (non-hydrogen) atoms. The summed E-state index contributed by atoms with van der Waals surface area (Å²) in [5.41, 5.74) is 0. The van der Waals surface area contributed by atoms with E-state index in [0.29, 0.717) is 6.04 Å². The van der Waals surface area contributed by atoms with Gasteiger partial charge in [-0.25, -0.2) is 0 Å². The van der Waals surface area contributed by atoms with E-state index in [4.69, 9.17) is 0 Å².